The maximum Gasteiger partial charge on any atom is 0.129 e. The van der Waals surface area contributed by atoms with Crippen molar-refractivity contribution in [2.75, 3.05) is 0 Å². The van der Waals surface area contributed by atoms with E-state index in [0.717, 1.165) is 10.6 Å². The highest BCUT2D eigenvalue weighted by atomic mass is 35.5. The van der Waals surface area contributed by atoms with Gasteiger partial charge >= 0.3 is 0 Å². The van der Waals surface area contributed by atoms with E-state index < -0.39 is 0 Å². The smallest absolute Gasteiger partial charge is 0.129 e. The van der Waals surface area contributed by atoms with Crippen molar-refractivity contribution in [1.82, 2.24) is 0 Å². The first-order valence-electron chi connectivity index (χ1n) is 6.32. The number of phenols is 1. The van der Waals surface area contributed by atoms with Crippen LogP contribution in [0.5, 0.6) is 5.75 Å². The Morgan fingerprint density at radius 1 is 0.950 bits per heavy atom. The van der Waals surface area contributed by atoms with E-state index in [1.54, 1.807) is 30.0 Å². The summed E-state index contributed by atoms with van der Waals surface area (Å²) in [5.41, 5.74) is 1.26. The average Bonchev–Trinajstić information content (AvgIpc) is 2.48. The van der Waals surface area contributed by atoms with Gasteiger partial charge in [0.05, 0.1) is 4.90 Å². The largest absolute Gasteiger partial charge is 0.507 e. The molecule has 1 N–H and O–H groups in total. The third kappa shape index (κ3) is 2.77. The Hall–Kier alpha value is -1.64. The SMILES string of the molecule is Oc1ccc(Cl)cc1SCc1cccc2ccccc12. The minimum Gasteiger partial charge on any atom is -0.507 e. The summed E-state index contributed by atoms with van der Waals surface area (Å²) in [6.07, 6.45) is 0. The molecule has 0 heterocycles. The standard InChI is InChI=1S/C17H13ClOS/c18-14-8-9-16(19)17(10-14)20-11-13-6-3-5-12-4-1-2-7-15(12)13/h1-10,19H,11H2. The average molecular weight is 301 g/mol. The van der Waals surface area contributed by atoms with Crippen LogP contribution < -0.4 is 0 Å². The van der Waals surface area contributed by atoms with E-state index in [1.165, 1.54) is 16.3 Å². The fraction of sp³-hybridized carbons (Fsp3) is 0.0588. The molecule has 3 aromatic carbocycles. The summed E-state index contributed by atoms with van der Waals surface area (Å²) in [6, 6.07) is 19.8. The van der Waals surface area contributed by atoms with Gasteiger partial charge in [0.1, 0.15) is 5.75 Å². The molecule has 0 unspecified atom stereocenters. The first-order valence-corrected chi connectivity index (χ1v) is 7.68. The normalized spacial score (nSPS) is 10.8. The van der Waals surface area contributed by atoms with Gasteiger partial charge in [0.15, 0.2) is 0 Å². The number of hydrogen-bond acceptors (Lipinski definition) is 2. The molecule has 0 saturated carbocycles. The molecule has 0 atom stereocenters. The number of phenolic OH excluding ortho intramolecular Hbond substituents is 1. The van der Waals surface area contributed by atoms with Crippen LogP contribution in [0.3, 0.4) is 0 Å². The van der Waals surface area contributed by atoms with Crippen molar-refractivity contribution in [3.8, 4) is 5.75 Å². The number of hydrogen-bond donors (Lipinski definition) is 1. The Morgan fingerprint density at radius 3 is 2.65 bits per heavy atom. The molecule has 100 valence electrons. The quantitative estimate of drug-likeness (QED) is 0.645. The second-order valence-corrected chi connectivity index (χ2v) is 5.99. The van der Waals surface area contributed by atoms with E-state index in [9.17, 15) is 5.11 Å². The molecule has 0 aromatic heterocycles. The Morgan fingerprint density at radius 2 is 1.75 bits per heavy atom. The first kappa shape index (κ1) is 13.3. The van der Waals surface area contributed by atoms with E-state index in [0.29, 0.717) is 5.02 Å². The molecule has 0 bridgehead atoms. The molecule has 0 radical (unpaired) electrons. The van der Waals surface area contributed by atoms with E-state index in [1.807, 2.05) is 12.1 Å². The fourth-order valence-corrected chi connectivity index (χ4v) is 3.40. The Labute approximate surface area is 127 Å². The van der Waals surface area contributed by atoms with Crippen molar-refractivity contribution in [2.24, 2.45) is 0 Å². The molecule has 20 heavy (non-hydrogen) atoms. The van der Waals surface area contributed by atoms with Gasteiger partial charge in [0.2, 0.25) is 0 Å². The lowest BCUT2D eigenvalue weighted by molar-refractivity contribution is 0.462. The van der Waals surface area contributed by atoms with Crippen LogP contribution in [0.2, 0.25) is 5.02 Å². The number of fused-ring (bicyclic) bond motifs is 1. The highest BCUT2D eigenvalue weighted by Crippen LogP contribution is 2.34. The molecule has 1 nitrogen and oxygen atoms in total. The Bertz CT molecular complexity index is 750. The summed E-state index contributed by atoms with van der Waals surface area (Å²) in [7, 11) is 0. The van der Waals surface area contributed by atoms with Crippen molar-refractivity contribution < 1.29 is 5.11 Å². The van der Waals surface area contributed by atoms with E-state index in [2.05, 4.69) is 30.3 Å². The van der Waals surface area contributed by atoms with Crippen LogP contribution in [0, 0.1) is 0 Å². The van der Waals surface area contributed by atoms with Gasteiger partial charge in [-0.2, -0.15) is 0 Å². The predicted molar refractivity (Wildman–Crippen MR) is 86.6 cm³/mol. The fourth-order valence-electron chi connectivity index (χ4n) is 2.18. The summed E-state index contributed by atoms with van der Waals surface area (Å²) in [6.45, 7) is 0. The summed E-state index contributed by atoms with van der Waals surface area (Å²) < 4.78 is 0. The van der Waals surface area contributed by atoms with E-state index in [-0.39, 0.29) is 5.75 Å². The van der Waals surface area contributed by atoms with Gasteiger partial charge in [-0.25, -0.2) is 0 Å². The highest BCUT2D eigenvalue weighted by Gasteiger charge is 2.05. The summed E-state index contributed by atoms with van der Waals surface area (Å²) in [4.78, 5) is 0.811. The molecule has 3 aromatic rings. The van der Waals surface area contributed by atoms with Crippen LogP contribution >= 0.6 is 23.4 Å². The zero-order valence-electron chi connectivity index (χ0n) is 10.7. The van der Waals surface area contributed by atoms with Gasteiger partial charge < -0.3 is 5.11 Å². The van der Waals surface area contributed by atoms with Gasteiger partial charge in [0, 0.05) is 10.8 Å². The molecule has 0 aliphatic rings. The lowest BCUT2D eigenvalue weighted by Crippen LogP contribution is -1.84. The van der Waals surface area contributed by atoms with Crippen LogP contribution in [0.1, 0.15) is 5.56 Å². The topological polar surface area (TPSA) is 20.2 Å². The highest BCUT2D eigenvalue weighted by molar-refractivity contribution is 7.98. The lowest BCUT2D eigenvalue weighted by atomic mass is 10.1. The lowest BCUT2D eigenvalue weighted by Gasteiger charge is -2.08. The molecular formula is C17H13ClOS. The molecule has 0 fully saturated rings. The van der Waals surface area contributed by atoms with Crippen LogP contribution in [-0.4, -0.2) is 5.11 Å². The molecule has 3 heteroatoms. The minimum atomic E-state index is 0.277. The van der Waals surface area contributed by atoms with Crippen molar-refractivity contribution in [3.63, 3.8) is 0 Å². The second-order valence-electron chi connectivity index (χ2n) is 4.54. The Kier molecular flexibility index (Phi) is 3.86. The minimum absolute atomic E-state index is 0.277. The van der Waals surface area contributed by atoms with Crippen molar-refractivity contribution >= 4 is 34.1 Å². The van der Waals surface area contributed by atoms with Gasteiger partial charge in [-0.1, -0.05) is 54.1 Å². The van der Waals surface area contributed by atoms with E-state index >= 15 is 0 Å². The second kappa shape index (κ2) is 5.78. The Balaban J connectivity index is 1.89. The molecule has 3 rings (SSSR count). The number of aromatic hydroxyl groups is 1. The van der Waals surface area contributed by atoms with Gasteiger partial charge in [-0.05, 0) is 34.5 Å². The summed E-state index contributed by atoms with van der Waals surface area (Å²) in [5.74, 6) is 1.08. The molecular weight excluding hydrogens is 288 g/mol. The number of benzene rings is 3. The van der Waals surface area contributed by atoms with Crippen LogP contribution in [0.25, 0.3) is 10.8 Å². The number of thioether (sulfide) groups is 1. The maximum atomic E-state index is 9.85. The molecule has 0 aliphatic heterocycles. The molecule has 0 spiro atoms. The molecule has 0 saturated heterocycles. The third-order valence-corrected chi connectivity index (χ3v) is 4.51. The van der Waals surface area contributed by atoms with Crippen molar-refractivity contribution in [3.05, 3.63) is 71.2 Å². The van der Waals surface area contributed by atoms with Gasteiger partial charge in [-0.3, -0.25) is 0 Å². The van der Waals surface area contributed by atoms with Gasteiger partial charge in [0.25, 0.3) is 0 Å². The number of rotatable bonds is 3. The van der Waals surface area contributed by atoms with Gasteiger partial charge in [-0.15, -0.1) is 11.8 Å². The monoisotopic (exact) mass is 300 g/mol. The van der Waals surface area contributed by atoms with Crippen LogP contribution in [0.4, 0.5) is 0 Å². The number of halogens is 1. The maximum absolute atomic E-state index is 9.85. The van der Waals surface area contributed by atoms with Crippen molar-refractivity contribution in [1.29, 1.82) is 0 Å². The van der Waals surface area contributed by atoms with Crippen LogP contribution in [0.15, 0.2) is 65.6 Å². The van der Waals surface area contributed by atoms with E-state index in [4.69, 9.17) is 11.6 Å². The molecule has 0 aliphatic carbocycles. The first-order chi connectivity index (χ1) is 9.74. The zero-order chi connectivity index (χ0) is 13.9. The third-order valence-electron chi connectivity index (χ3n) is 3.18. The van der Waals surface area contributed by atoms with Crippen molar-refractivity contribution in [2.45, 2.75) is 10.6 Å². The summed E-state index contributed by atoms with van der Waals surface area (Å²) in [5, 5.41) is 13.0. The molecule has 0 amide bonds. The van der Waals surface area contributed by atoms with Crippen LogP contribution in [-0.2, 0) is 5.75 Å². The summed E-state index contributed by atoms with van der Waals surface area (Å²) >= 11 is 7.56. The predicted octanol–water partition coefficient (Wildman–Crippen LogP) is 5.49. The zero-order valence-corrected chi connectivity index (χ0v) is 12.3.